The van der Waals surface area contributed by atoms with Crippen LogP contribution in [-0.4, -0.2) is 87.0 Å². The lowest BCUT2D eigenvalue weighted by molar-refractivity contribution is -0.405. The zero-order chi connectivity index (χ0) is 44.5. The van der Waals surface area contributed by atoms with E-state index in [0.717, 1.165) is 48.5 Å². The van der Waals surface area contributed by atoms with Crippen molar-refractivity contribution in [3.05, 3.63) is 101 Å². The second-order valence-corrected chi connectivity index (χ2v) is 19.3. The molecule has 0 fully saturated rings. The second kappa shape index (κ2) is 14.8. The summed E-state index contributed by atoms with van der Waals surface area (Å²) in [6, 6.07) is 12.1. The predicted octanol–water partition coefficient (Wildman–Crippen LogP) is 1.89. The van der Waals surface area contributed by atoms with Gasteiger partial charge in [0.05, 0.1) is 22.9 Å². The van der Waals surface area contributed by atoms with Gasteiger partial charge in [0.1, 0.15) is 30.9 Å². The van der Waals surface area contributed by atoms with Gasteiger partial charge in [-0.05, 0) is 42.5 Å². The fraction of sp³-hybridized carbons (Fsp3) is 0. The van der Waals surface area contributed by atoms with E-state index in [1.54, 1.807) is 0 Å². The molecule has 6 rings (SSSR count). The lowest BCUT2D eigenvalue weighted by atomic mass is 9.93. The van der Waals surface area contributed by atoms with Gasteiger partial charge in [-0.25, -0.2) is 14.6 Å². The van der Waals surface area contributed by atoms with Gasteiger partial charge in [0, 0.05) is 46.0 Å². The summed E-state index contributed by atoms with van der Waals surface area (Å²) >= 11 is 0. The Bertz CT molecular complexity index is 3490. The Hall–Kier alpha value is -6.14. The van der Waals surface area contributed by atoms with Crippen LogP contribution in [0.4, 0.5) is 17.1 Å². The highest BCUT2D eigenvalue weighted by atomic mass is 32.2. The Labute approximate surface area is 336 Å². The van der Waals surface area contributed by atoms with Gasteiger partial charge in [0.25, 0.3) is 40.5 Å². The fourth-order valence-corrected chi connectivity index (χ4v) is 9.47. The minimum Gasteiger partial charge on any atom is -0.478 e. The Morgan fingerprint density at radius 1 is 0.533 bits per heavy atom. The maximum Gasteiger partial charge on any atom is 0.337 e. The van der Waals surface area contributed by atoms with Crippen LogP contribution in [0.15, 0.2) is 114 Å². The van der Waals surface area contributed by atoms with E-state index in [2.05, 4.69) is 10.3 Å². The molecular weight excluding hydrogens is 905 g/mol. The van der Waals surface area contributed by atoms with Crippen LogP contribution in [0.2, 0.25) is 0 Å². The molecule has 1 aliphatic heterocycles. The van der Waals surface area contributed by atoms with Crippen molar-refractivity contribution in [3.63, 3.8) is 0 Å². The molecule has 0 bridgehead atoms. The number of aromatic carboxylic acids is 2. The normalized spacial score (nSPS) is 13.1. The molecule has 1 aliphatic carbocycles. The molecule has 4 aromatic carbocycles. The van der Waals surface area contributed by atoms with Crippen LogP contribution >= 0.6 is 0 Å². The molecule has 0 radical (unpaired) electrons. The number of carbonyl (C=O) groups is 2. The first-order valence-electron chi connectivity index (χ1n) is 15.7. The third kappa shape index (κ3) is 8.60. The molecule has 0 saturated heterocycles. The maximum atomic E-state index is 12.9. The fourth-order valence-electron chi connectivity index (χ4n) is 6.04. The molecule has 9 N–H and O–H groups in total. The molecule has 60 heavy (non-hydrogen) atoms. The molecule has 0 aromatic heterocycles. The van der Waals surface area contributed by atoms with Gasteiger partial charge in [-0.15, -0.1) is 0 Å². The number of fused-ring (bicyclic) bond motifs is 2. The number of carboxylic acid groups (broad SMARTS) is 2. The van der Waals surface area contributed by atoms with Crippen LogP contribution in [0, 0.1) is 0 Å². The zero-order valence-electron chi connectivity index (χ0n) is 29.1. The van der Waals surface area contributed by atoms with Gasteiger partial charge in [0.2, 0.25) is 11.0 Å². The highest BCUT2D eigenvalue weighted by Crippen LogP contribution is 2.45. The average Bonchev–Trinajstić information content (AvgIpc) is 3.11. The topological polar surface area (TPSA) is 386 Å². The molecule has 0 unspecified atom stereocenters. The molecule has 1 heterocycles. The van der Waals surface area contributed by atoms with E-state index in [0.29, 0.717) is 24.3 Å². The van der Waals surface area contributed by atoms with Crippen molar-refractivity contribution >= 4 is 90.6 Å². The van der Waals surface area contributed by atoms with Crippen LogP contribution in [0.3, 0.4) is 0 Å². The number of nitrogens with one attached hydrogen (secondary N) is 2. The minimum atomic E-state index is -5.37. The van der Waals surface area contributed by atoms with E-state index in [1.165, 1.54) is 12.1 Å². The zero-order valence-corrected chi connectivity index (χ0v) is 33.1. The molecule has 0 amide bonds. The van der Waals surface area contributed by atoms with Crippen LogP contribution in [0.25, 0.3) is 33.4 Å². The van der Waals surface area contributed by atoms with Crippen molar-refractivity contribution in [2.45, 2.75) is 24.5 Å². The lowest BCUT2D eigenvalue weighted by Gasteiger charge is -2.19. The van der Waals surface area contributed by atoms with Crippen LogP contribution in [0.1, 0.15) is 20.7 Å². The van der Waals surface area contributed by atoms with Crippen molar-refractivity contribution in [1.29, 1.82) is 0 Å². The highest BCUT2D eigenvalue weighted by molar-refractivity contribution is 7.87. The van der Waals surface area contributed by atoms with Crippen LogP contribution in [-0.2, 0) is 50.6 Å². The van der Waals surface area contributed by atoms with Crippen LogP contribution in [0.5, 0.6) is 0 Å². The predicted molar refractivity (Wildman–Crippen MR) is 201 cm³/mol. The molecule has 4 aromatic rings. The number of hydrogen-bond acceptors (Lipinski definition) is 14. The summed E-state index contributed by atoms with van der Waals surface area (Å²) in [6.07, 6.45) is 0. The van der Waals surface area contributed by atoms with Crippen LogP contribution < -0.4 is 15.7 Å². The second-order valence-electron chi connectivity index (χ2n) is 12.3. The standard InChI is InChI=1S/C33H22N2O20S5/c36-32(37)18-7-5-15(9-27(18)57(43,44)45)34-22-13-24-20(11-29(22)59(49,50)51)31(17-3-1-2-4-26(17)56(40,41)42)21-12-30(60(52,53)54)23(14-25(21)55-24)35-16-6-8-19(33(38)39)28(10-16)58(46,47)48/h1-14,34H,(H,36,37)(H,38,39)(H,40,41,42)(H,43,44,45)(H,46,47,48)(H,49,50,51)(H,52,53,54)/p+1. The Morgan fingerprint density at radius 3 is 1.62 bits per heavy atom. The summed E-state index contributed by atoms with van der Waals surface area (Å²) in [4.78, 5) is 20.5. The first-order valence-corrected chi connectivity index (χ1v) is 22.9. The highest BCUT2D eigenvalue weighted by Gasteiger charge is 2.31. The summed E-state index contributed by atoms with van der Waals surface area (Å²) < 4.78 is 181. The number of benzene rings is 5. The number of hydrogen-bond donors (Lipinski definition) is 9. The summed E-state index contributed by atoms with van der Waals surface area (Å²) in [6.45, 7) is 0. The van der Waals surface area contributed by atoms with Crippen molar-refractivity contribution in [2.24, 2.45) is 0 Å². The van der Waals surface area contributed by atoms with Crippen molar-refractivity contribution < 1.29 is 94.1 Å². The van der Waals surface area contributed by atoms with Gasteiger partial charge >= 0.3 is 22.1 Å². The molecule has 0 atom stereocenters. The number of carboxylic acids is 2. The average molecular weight is 928 g/mol. The molecular formula is C33H23N2O20S5+. The first-order chi connectivity index (χ1) is 27.6. The van der Waals surface area contributed by atoms with Gasteiger partial charge in [-0.1, -0.05) is 18.2 Å². The maximum absolute atomic E-state index is 12.9. The number of rotatable bonds is 11. The third-order valence-corrected chi connectivity index (χ3v) is 12.9. The van der Waals surface area contributed by atoms with Gasteiger partial charge < -0.3 is 19.9 Å². The smallest absolute Gasteiger partial charge is 0.337 e. The molecule has 2 aliphatic rings. The molecule has 22 nitrogen and oxygen atoms in total. The Morgan fingerprint density at radius 2 is 1.07 bits per heavy atom. The SMILES string of the molecule is O=C(O)c1ccc(Nc2cc3oc4cc(=[NH+]c5ccc(C(=O)O)c(S(=O)(=O)O)c5)c(S(=O)(=O)O)cc-4c(-c4ccccc4S(=O)(=O)O)c3cc2S(=O)(=O)O)cc1S(=O)(=O)O. The monoisotopic (exact) mass is 927 g/mol. The van der Waals surface area contributed by atoms with Gasteiger partial charge in [-0.2, -0.15) is 42.1 Å². The van der Waals surface area contributed by atoms with Crippen molar-refractivity contribution in [1.82, 2.24) is 0 Å². The van der Waals surface area contributed by atoms with Crippen molar-refractivity contribution in [3.8, 4) is 22.5 Å². The summed E-state index contributed by atoms with van der Waals surface area (Å²) in [7, 11) is -26.3. The number of anilines is 2. The lowest BCUT2D eigenvalue weighted by Crippen LogP contribution is -2.71. The van der Waals surface area contributed by atoms with Crippen molar-refractivity contribution in [2.75, 3.05) is 5.32 Å². The Balaban J connectivity index is 1.78. The molecule has 0 spiro atoms. The summed E-state index contributed by atoms with van der Waals surface area (Å²) in [5.41, 5.74) is -4.93. The van der Waals surface area contributed by atoms with Gasteiger partial charge in [-0.3, -0.25) is 22.8 Å². The quantitative estimate of drug-likeness (QED) is 0.0661. The van der Waals surface area contributed by atoms with E-state index in [9.17, 15) is 84.7 Å². The Kier molecular flexibility index (Phi) is 10.7. The first kappa shape index (κ1) is 43.4. The van der Waals surface area contributed by atoms with E-state index in [-0.39, 0.29) is 0 Å². The van der Waals surface area contributed by atoms with E-state index < -0.39 is 154 Å². The summed E-state index contributed by atoms with van der Waals surface area (Å²) in [5, 5.41) is 20.2. The molecule has 0 saturated carbocycles. The van der Waals surface area contributed by atoms with E-state index in [1.807, 2.05) is 0 Å². The third-order valence-electron chi connectivity index (χ3n) is 8.45. The van der Waals surface area contributed by atoms with E-state index in [4.69, 9.17) is 4.42 Å². The summed E-state index contributed by atoms with van der Waals surface area (Å²) in [5.74, 6) is -3.99. The largest absolute Gasteiger partial charge is 0.478 e. The molecule has 27 heteroatoms. The van der Waals surface area contributed by atoms with Gasteiger partial charge in [0.15, 0.2) is 4.90 Å². The van der Waals surface area contributed by atoms with E-state index >= 15 is 0 Å². The molecule has 314 valence electrons. The minimum absolute atomic E-state index is 0.392.